The zero-order valence-corrected chi connectivity index (χ0v) is 12.6. The van der Waals surface area contributed by atoms with Gasteiger partial charge in [0.25, 0.3) is 5.69 Å². The standard InChI is InChI=1S/C11H13BrN2O4S/c1-13-11(15)3-2-6-19(18)10-5-4-8(12)7-9(10)14(16)17/h4-5,7H,2-3,6H2,1H3,(H,13,15)/t19-/m0/s1. The van der Waals surface area contributed by atoms with E-state index in [2.05, 4.69) is 21.2 Å². The van der Waals surface area contributed by atoms with E-state index in [1.54, 1.807) is 6.07 Å². The van der Waals surface area contributed by atoms with Crippen molar-refractivity contribution in [2.24, 2.45) is 0 Å². The maximum atomic E-state index is 12.0. The highest BCUT2D eigenvalue weighted by molar-refractivity contribution is 9.10. The van der Waals surface area contributed by atoms with Gasteiger partial charge >= 0.3 is 0 Å². The van der Waals surface area contributed by atoms with Gasteiger partial charge in [-0.1, -0.05) is 15.9 Å². The van der Waals surface area contributed by atoms with Gasteiger partial charge in [-0.05, 0) is 18.6 Å². The molecule has 1 rings (SSSR count). The van der Waals surface area contributed by atoms with Crippen molar-refractivity contribution in [1.82, 2.24) is 5.32 Å². The molecule has 0 bridgehead atoms. The van der Waals surface area contributed by atoms with Crippen molar-refractivity contribution in [2.45, 2.75) is 17.7 Å². The van der Waals surface area contributed by atoms with Crippen molar-refractivity contribution < 1.29 is 13.9 Å². The molecule has 0 spiro atoms. The van der Waals surface area contributed by atoms with Crippen LogP contribution in [0.2, 0.25) is 0 Å². The lowest BCUT2D eigenvalue weighted by atomic mass is 10.3. The number of hydrogen-bond acceptors (Lipinski definition) is 4. The minimum absolute atomic E-state index is 0.137. The third-order valence-electron chi connectivity index (χ3n) is 2.38. The zero-order valence-electron chi connectivity index (χ0n) is 10.2. The number of carbonyl (C=O) groups is 1. The van der Waals surface area contributed by atoms with Crippen LogP contribution in [0.4, 0.5) is 5.69 Å². The van der Waals surface area contributed by atoms with Crippen molar-refractivity contribution >= 4 is 38.3 Å². The van der Waals surface area contributed by atoms with Crippen LogP contribution in [0.25, 0.3) is 0 Å². The third-order valence-corrected chi connectivity index (χ3v) is 4.36. The number of nitrogens with one attached hydrogen (secondary N) is 1. The number of amides is 1. The molecular formula is C11H13BrN2O4S. The fourth-order valence-electron chi connectivity index (χ4n) is 1.42. The number of nitro benzene ring substituents is 1. The monoisotopic (exact) mass is 348 g/mol. The minimum Gasteiger partial charge on any atom is -0.359 e. The van der Waals surface area contributed by atoms with Gasteiger partial charge in [0.05, 0.1) is 15.7 Å². The van der Waals surface area contributed by atoms with Gasteiger partial charge in [0.15, 0.2) is 0 Å². The summed E-state index contributed by atoms with van der Waals surface area (Å²) in [5.41, 5.74) is -0.173. The maximum absolute atomic E-state index is 12.0. The topological polar surface area (TPSA) is 89.3 Å². The predicted octanol–water partition coefficient (Wildman–Crippen LogP) is 1.99. The summed E-state index contributed by atoms with van der Waals surface area (Å²) in [5.74, 6) is 0.0814. The first kappa shape index (κ1) is 15.8. The first-order chi connectivity index (χ1) is 8.95. The van der Waals surface area contributed by atoms with E-state index in [-0.39, 0.29) is 28.7 Å². The molecule has 1 N–H and O–H groups in total. The molecule has 0 aromatic heterocycles. The summed E-state index contributed by atoms with van der Waals surface area (Å²) >= 11 is 3.14. The number of rotatable bonds is 6. The van der Waals surface area contributed by atoms with Crippen molar-refractivity contribution in [3.63, 3.8) is 0 Å². The van der Waals surface area contributed by atoms with Crippen molar-refractivity contribution in [3.8, 4) is 0 Å². The molecule has 0 saturated carbocycles. The highest BCUT2D eigenvalue weighted by Gasteiger charge is 2.19. The second-order valence-corrected chi connectivity index (χ2v) is 6.15. The molecule has 0 heterocycles. The second-order valence-electron chi connectivity index (χ2n) is 3.70. The van der Waals surface area contributed by atoms with Gasteiger partial charge in [-0.25, -0.2) is 0 Å². The summed E-state index contributed by atoms with van der Waals surface area (Å²) < 4.78 is 12.6. The lowest BCUT2D eigenvalue weighted by molar-refractivity contribution is -0.387. The molecule has 1 amide bonds. The number of benzene rings is 1. The molecule has 19 heavy (non-hydrogen) atoms. The Labute approximate surface area is 121 Å². The van der Waals surface area contributed by atoms with Crippen molar-refractivity contribution in [2.75, 3.05) is 12.8 Å². The molecule has 104 valence electrons. The first-order valence-corrected chi connectivity index (χ1v) is 7.59. The zero-order chi connectivity index (χ0) is 14.4. The van der Waals surface area contributed by atoms with Crippen LogP contribution >= 0.6 is 15.9 Å². The molecule has 0 radical (unpaired) electrons. The Morgan fingerprint density at radius 2 is 2.21 bits per heavy atom. The largest absolute Gasteiger partial charge is 0.359 e. The van der Waals surface area contributed by atoms with Gasteiger partial charge in [-0.3, -0.25) is 19.1 Å². The van der Waals surface area contributed by atoms with Crippen LogP contribution in [0.3, 0.4) is 0 Å². The average molecular weight is 349 g/mol. The van der Waals surface area contributed by atoms with Crippen LogP contribution in [0.15, 0.2) is 27.6 Å². The molecule has 1 atom stereocenters. The van der Waals surface area contributed by atoms with E-state index < -0.39 is 15.7 Å². The van der Waals surface area contributed by atoms with Gasteiger partial charge in [0, 0.05) is 29.8 Å². The van der Waals surface area contributed by atoms with Crippen LogP contribution in [0.1, 0.15) is 12.8 Å². The molecule has 0 fully saturated rings. The summed E-state index contributed by atoms with van der Waals surface area (Å²) in [4.78, 5) is 21.5. The van der Waals surface area contributed by atoms with E-state index in [1.807, 2.05) is 0 Å². The highest BCUT2D eigenvalue weighted by atomic mass is 79.9. The summed E-state index contributed by atoms with van der Waals surface area (Å²) in [6.45, 7) is 0. The van der Waals surface area contributed by atoms with Gasteiger partial charge in [-0.15, -0.1) is 0 Å². The molecule has 0 aliphatic rings. The molecule has 1 aromatic rings. The second kappa shape index (κ2) is 7.34. The molecule has 0 aliphatic carbocycles. The fraction of sp³-hybridized carbons (Fsp3) is 0.364. The Hall–Kier alpha value is -1.28. The van der Waals surface area contributed by atoms with Crippen LogP contribution < -0.4 is 5.32 Å². The van der Waals surface area contributed by atoms with Crippen LogP contribution in [-0.2, 0) is 15.6 Å². The molecule has 0 unspecified atom stereocenters. The normalized spacial score (nSPS) is 11.9. The number of hydrogen-bond donors (Lipinski definition) is 1. The van der Waals surface area contributed by atoms with E-state index in [4.69, 9.17) is 0 Å². The summed E-state index contributed by atoms with van der Waals surface area (Å²) in [6, 6.07) is 4.41. The van der Waals surface area contributed by atoms with E-state index in [0.29, 0.717) is 10.9 Å². The predicted molar refractivity (Wildman–Crippen MR) is 75.4 cm³/mol. The molecule has 1 aromatic carbocycles. The van der Waals surface area contributed by atoms with Gasteiger partial charge in [-0.2, -0.15) is 0 Å². The Morgan fingerprint density at radius 1 is 1.53 bits per heavy atom. The summed E-state index contributed by atoms with van der Waals surface area (Å²) in [5, 5.41) is 13.4. The smallest absolute Gasteiger partial charge is 0.286 e. The summed E-state index contributed by atoms with van der Waals surface area (Å²) in [6.07, 6.45) is 0.673. The van der Waals surface area contributed by atoms with Gasteiger partial charge in [0.2, 0.25) is 5.91 Å². The van der Waals surface area contributed by atoms with Crippen molar-refractivity contribution in [1.29, 1.82) is 0 Å². The quantitative estimate of drug-likeness (QED) is 0.628. The SMILES string of the molecule is CNC(=O)CCC[S@](=O)c1ccc(Br)cc1[N+](=O)[O-]. The van der Waals surface area contributed by atoms with Gasteiger partial charge < -0.3 is 5.32 Å². The third kappa shape index (κ3) is 4.71. The molecule has 0 saturated heterocycles. The highest BCUT2D eigenvalue weighted by Crippen LogP contribution is 2.26. The number of nitro groups is 1. The van der Waals surface area contributed by atoms with Crippen molar-refractivity contribution in [3.05, 3.63) is 32.8 Å². The van der Waals surface area contributed by atoms with E-state index in [0.717, 1.165) is 0 Å². The molecule has 8 heteroatoms. The summed E-state index contributed by atoms with van der Waals surface area (Å²) in [7, 11) is 0.0419. The Kier molecular flexibility index (Phi) is 6.10. The fourth-order valence-corrected chi connectivity index (χ4v) is 2.99. The van der Waals surface area contributed by atoms with Crippen LogP contribution in [0.5, 0.6) is 0 Å². The molecular weight excluding hydrogens is 336 g/mol. The first-order valence-electron chi connectivity index (χ1n) is 5.48. The lowest BCUT2D eigenvalue weighted by Gasteiger charge is -2.04. The van der Waals surface area contributed by atoms with Gasteiger partial charge in [0.1, 0.15) is 4.90 Å². The number of carbonyl (C=O) groups excluding carboxylic acids is 1. The van der Waals surface area contributed by atoms with Crippen LogP contribution in [-0.4, -0.2) is 27.8 Å². The lowest BCUT2D eigenvalue weighted by Crippen LogP contribution is -2.18. The van der Waals surface area contributed by atoms with E-state index in [9.17, 15) is 19.1 Å². The number of halogens is 1. The Bertz CT molecular complexity index is 521. The molecule has 6 nitrogen and oxygen atoms in total. The average Bonchev–Trinajstić information content (AvgIpc) is 2.38. The Morgan fingerprint density at radius 3 is 2.79 bits per heavy atom. The maximum Gasteiger partial charge on any atom is 0.286 e. The minimum atomic E-state index is -1.48. The molecule has 0 aliphatic heterocycles. The Balaban J connectivity index is 2.77. The van der Waals surface area contributed by atoms with E-state index >= 15 is 0 Å². The van der Waals surface area contributed by atoms with Crippen LogP contribution in [0, 0.1) is 10.1 Å². The van der Waals surface area contributed by atoms with E-state index in [1.165, 1.54) is 19.2 Å². The number of nitrogens with zero attached hydrogens (tertiary/aromatic N) is 1.